The van der Waals surface area contributed by atoms with Gasteiger partial charge in [0.1, 0.15) is 6.04 Å². The van der Waals surface area contributed by atoms with Crippen molar-refractivity contribution in [2.75, 3.05) is 5.75 Å². The Morgan fingerprint density at radius 2 is 1.52 bits per heavy atom. The third kappa shape index (κ3) is 10.4. The minimum absolute atomic E-state index is 0.0459. The summed E-state index contributed by atoms with van der Waals surface area (Å²) < 4.78 is 43.4. The standard InChI is InChI=1S/C46H45N3O7S2/c1-32-14-24-40(25-15-32)58(53,54)48-42(27-33-9-3-2-4-10-33)45(51)47-29-38-11-5-6-12-41(38)35-20-22-37(23-21-35)46-55-39(31-57-44-13-7-8-26-49(44)52)28-43(56-46)36-18-16-34(30-50)17-19-36/h2-26,39,42-43,46,48,50H,27-31H2,1H3,(H,47,51)/t39-,42-,43+,46+/m1/s1. The van der Waals surface area contributed by atoms with E-state index in [0.29, 0.717) is 17.2 Å². The molecule has 2 heterocycles. The van der Waals surface area contributed by atoms with Gasteiger partial charge >= 0.3 is 0 Å². The summed E-state index contributed by atoms with van der Waals surface area (Å²) in [7, 11) is -3.99. The van der Waals surface area contributed by atoms with E-state index in [9.17, 15) is 23.5 Å². The predicted molar refractivity (Wildman–Crippen MR) is 224 cm³/mol. The molecule has 1 saturated heterocycles. The summed E-state index contributed by atoms with van der Waals surface area (Å²) in [4.78, 5) is 13.9. The molecule has 1 aliphatic rings. The molecule has 12 heteroatoms. The first-order valence-electron chi connectivity index (χ1n) is 19.1. The maximum absolute atomic E-state index is 13.8. The number of pyridine rings is 1. The van der Waals surface area contributed by atoms with Crippen molar-refractivity contribution >= 4 is 27.7 Å². The highest BCUT2D eigenvalue weighted by molar-refractivity contribution is 7.99. The second-order valence-electron chi connectivity index (χ2n) is 14.2. The van der Waals surface area contributed by atoms with Crippen molar-refractivity contribution in [3.8, 4) is 11.1 Å². The van der Waals surface area contributed by atoms with Gasteiger partial charge in [0.2, 0.25) is 15.9 Å². The summed E-state index contributed by atoms with van der Waals surface area (Å²) in [6.07, 6.45) is 1.07. The fraction of sp³-hybridized carbons (Fsp3) is 0.217. The van der Waals surface area contributed by atoms with Gasteiger partial charge in [0.25, 0.3) is 5.03 Å². The summed E-state index contributed by atoms with van der Waals surface area (Å²) in [5, 5.41) is 25.5. The lowest BCUT2D eigenvalue weighted by atomic mass is 9.97. The molecule has 6 aromatic rings. The summed E-state index contributed by atoms with van der Waals surface area (Å²) in [6, 6.07) is 43.5. The molecule has 1 fully saturated rings. The number of amides is 1. The van der Waals surface area contributed by atoms with E-state index >= 15 is 0 Å². The summed E-state index contributed by atoms with van der Waals surface area (Å²) in [5.41, 5.74) is 7.04. The van der Waals surface area contributed by atoms with Crippen LogP contribution in [0, 0.1) is 12.1 Å². The number of hydrogen-bond donors (Lipinski definition) is 3. The van der Waals surface area contributed by atoms with Gasteiger partial charge < -0.3 is 25.1 Å². The smallest absolute Gasteiger partial charge is 0.251 e. The molecule has 298 valence electrons. The monoisotopic (exact) mass is 815 g/mol. The molecule has 7 rings (SSSR count). The van der Waals surface area contributed by atoms with Crippen molar-refractivity contribution in [3.63, 3.8) is 0 Å². The number of aliphatic hydroxyl groups excluding tert-OH is 1. The minimum Gasteiger partial charge on any atom is -0.618 e. The number of aliphatic hydroxyl groups is 1. The Morgan fingerprint density at radius 3 is 2.24 bits per heavy atom. The molecule has 0 bridgehead atoms. The minimum atomic E-state index is -3.99. The molecule has 1 aromatic heterocycles. The van der Waals surface area contributed by atoms with Crippen LogP contribution in [0.15, 0.2) is 162 Å². The van der Waals surface area contributed by atoms with Crippen LogP contribution in [0.1, 0.15) is 52.2 Å². The van der Waals surface area contributed by atoms with Gasteiger partial charge in [0.05, 0.1) is 23.7 Å². The molecule has 1 amide bonds. The number of ether oxygens (including phenoxy) is 2. The van der Waals surface area contributed by atoms with Crippen LogP contribution < -0.4 is 14.8 Å². The lowest BCUT2D eigenvalue weighted by molar-refractivity contribution is -0.645. The number of hydrogen-bond acceptors (Lipinski definition) is 8. The molecule has 0 unspecified atom stereocenters. The van der Waals surface area contributed by atoms with Crippen LogP contribution in [0.25, 0.3) is 11.1 Å². The number of carbonyl (C=O) groups excluding carboxylic acids is 1. The van der Waals surface area contributed by atoms with Gasteiger partial charge in [-0.2, -0.15) is 9.45 Å². The number of aromatic nitrogens is 1. The number of aryl methyl sites for hydroxylation is 1. The molecule has 1 aliphatic heterocycles. The number of carbonyl (C=O) groups is 1. The summed E-state index contributed by atoms with van der Waals surface area (Å²) >= 11 is 1.44. The van der Waals surface area contributed by atoms with Crippen molar-refractivity contribution < 1.29 is 32.5 Å². The normalized spacial score (nSPS) is 17.4. The Hall–Kier alpha value is -5.34. The fourth-order valence-electron chi connectivity index (χ4n) is 6.82. The average Bonchev–Trinajstić information content (AvgIpc) is 3.25. The van der Waals surface area contributed by atoms with E-state index in [1.54, 1.807) is 24.3 Å². The Kier molecular flexibility index (Phi) is 13.3. The van der Waals surface area contributed by atoms with E-state index in [2.05, 4.69) is 10.0 Å². The fourth-order valence-corrected chi connectivity index (χ4v) is 8.95. The highest BCUT2D eigenvalue weighted by Crippen LogP contribution is 2.40. The number of nitrogens with one attached hydrogen (secondary N) is 2. The largest absolute Gasteiger partial charge is 0.618 e. The maximum atomic E-state index is 13.8. The number of rotatable bonds is 15. The molecule has 0 saturated carbocycles. The first kappa shape index (κ1) is 40.8. The zero-order chi connectivity index (χ0) is 40.5. The van der Waals surface area contributed by atoms with Crippen molar-refractivity contribution in [3.05, 3.63) is 190 Å². The Balaban J connectivity index is 1.07. The van der Waals surface area contributed by atoms with Crippen LogP contribution in [0.2, 0.25) is 0 Å². The molecule has 10 nitrogen and oxygen atoms in total. The van der Waals surface area contributed by atoms with E-state index < -0.39 is 28.3 Å². The summed E-state index contributed by atoms with van der Waals surface area (Å²) in [5.74, 6) is 0.107. The molecule has 4 atom stereocenters. The van der Waals surface area contributed by atoms with E-state index in [1.807, 2.05) is 116 Å². The predicted octanol–water partition coefficient (Wildman–Crippen LogP) is 7.33. The summed E-state index contributed by atoms with van der Waals surface area (Å²) in [6.45, 7) is 2.01. The van der Waals surface area contributed by atoms with E-state index in [0.717, 1.165) is 49.2 Å². The molecular formula is C46H45N3O7S2. The van der Waals surface area contributed by atoms with Crippen molar-refractivity contribution in [1.82, 2.24) is 10.0 Å². The topological polar surface area (TPSA) is 141 Å². The highest BCUT2D eigenvalue weighted by Gasteiger charge is 2.33. The van der Waals surface area contributed by atoms with Gasteiger partial charge in [-0.3, -0.25) is 4.79 Å². The van der Waals surface area contributed by atoms with Gasteiger partial charge in [-0.15, -0.1) is 0 Å². The van der Waals surface area contributed by atoms with Gasteiger partial charge in [-0.05, 0) is 64.9 Å². The van der Waals surface area contributed by atoms with Crippen molar-refractivity contribution in [2.24, 2.45) is 0 Å². The third-order valence-electron chi connectivity index (χ3n) is 10.0. The van der Waals surface area contributed by atoms with Gasteiger partial charge in [0.15, 0.2) is 12.5 Å². The molecule has 5 aromatic carbocycles. The van der Waals surface area contributed by atoms with E-state index in [4.69, 9.17) is 9.47 Å². The Labute approximate surface area is 343 Å². The Morgan fingerprint density at radius 1 is 0.828 bits per heavy atom. The first-order chi connectivity index (χ1) is 28.1. The van der Waals surface area contributed by atoms with Crippen LogP contribution in [-0.2, 0) is 43.9 Å². The van der Waals surface area contributed by atoms with Crippen molar-refractivity contribution in [2.45, 2.75) is 67.4 Å². The number of thioether (sulfide) groups is 1. The SMILES string of the molecule is Cc1ccc(S(=O)(=O)N[C@H](Cc2ccccc2)C(=O)NCc2ccccc2-c2ccc([C@H]3O[C@@H](CSc4cccc[n+]4[O-])C[C@@H](c4ccc(CO)cc4)O3)cc2)cc1. The zero-order valence-corrected chi connectivity index (χ0v) is 33.6. The molecule has 3 N–H and O–H groups in total. The highest BCUT2D eigenvalue weighted by atomic mass is 32.2. The molecule has 0 radical (unpaired) electrons. The Bertz CT molecular complexity index is 2400. The molecular weight excluding hydrogens is 771 g/mol. The second-order valence-corrected chi connectivity index (χ2v) is 17.0. The lowest BCUT2D eigenvalue weighted by Crippen LogP contribution is -2.47. The lowest BCUT2D eigenvalue weighted by Gasteiger charge is -2.36. The van der Waals surface area contributed by atoms with Crippen LogP contribution >= 0.6 is 11.8 Å². The van der Waals surface area contributed by atoms with Crippen molar-refractivity contribution in [1.29, 1.82) is 0 Å². The van der Waals surface area contributed by atoms with Crippen LogP contribution in [0.3, 0.4) is 0 Å². The number of sulfonamides is 1. The van der Waals surface area contributed by atoms with Gasteiger partial charge in [-0.25, -0.2) is 8.42 Å². The quantitative estimate of drug-likeness (QED) is 0.0557. The van der Waals surface area contributed by atoms with Crippen LogP contribution in [0.5, 0.6) is 0 Å². The number of benzene rings is 5. The van der Waals surface area contributed by atoms with E-state index in [1.165, 1.54) is 30.1 Å². The number of nitrogens with zero attached hydrogens (tertiary/aromatic N) is 1. The van der Waals surface area contributed by atoms with Gasteiger partial charge in [0, 0.05) is 36.4 Å². The molecule has 0 spiro atoms. The van der Waals surface area contributed by atoms with Crippen LogP contribution in [0.4, 0.5) is 0 Å². The van der Waals surface area contributed by atoms with E-state index in [-0.39, 0.29) is 36.7 Å². The van der Waals surface area contributed by atoms with Crippen LogP contribution in [-0.4, -0.2) is 37.3 Å². The zero-order valence-electron chi connectivity index (χ0n) is 31.9. The molecule has 58 heavy (non-hydrogen) atoms. The average molecular weight is 816 g/mol. The van der Waals surface area contributed by atoms with Gasteiger partial charge in [-0.1, -0.05) is 133 Å². The molecule has 0 aliphatic carbocycles. The second kappa shape index (κ2) is 18.9. The third-order valence-corrected chi connectivity index (χ3v) is 12.7. The first-order valence-corrected chi connectivity index (χ1v) is 21.5. The maximum Gasteiger partial charge on any atom is 0.251 e.